The molecule has 2 aliphatic rings. The van der Waals surface area contributed by atoms with Crippen LogP contribution in [0.25, 0.3) is 11.4 Å². The van der Waals surface area contributed by atoms with E-state index in [1.807, 2.05) is 29.2 Å². The van der Waals surface area contributed by atoms with Gasteiger partial charge in [-0.05, 0) is 33.6 Å². The van der Waals surface area contributed by atoms with Crippen molar-refractivity contribution in [2.45, 2.75) is 65.8 Å². The summed E-state index contributed by atoms with van der Waals surface area (Å²) in [4.78, 5) is 24.9. The molecule has 2 fully saturated rings. The number of rotatable bonds is 6. The van der Waals surface area contributed by atoms with E-state index in [4.69, 9.17) is 9.26 Å². The number of aromatic nitrogens is 2. The van der Waals surface area contributed by atoms with E-state index in [2.05, 4.69) is 61.5 Å². The molecule has 3 heterocycles. The van der Waals surface area contributed by atoms with Gasteiger partial charge in [-0.15, -0.1) is 0 Å². The summed E-state index contributed by atoms with van der Waals surface area (Å²) in [6.45, 7) is 17.2. The first-order chi connectivity index (χ1) is 16.2. The fourth-order valence-corrected chi connectivity index (χ4v) is 5.21. The van der Waals surface area contributed by atoms with Gasteiger partial charge < -0.3 is 14.2 Å². The molecule has 8 heteroatoms. The second-order valence-electron chi connectivity index (χ2n) is 10.3. The molecule has 0 saturated carbocycles. The zero-order chi connectivity index (χ0) is 24.4. The van der Waals surface area contributed by atoms with Gasteiger partial charge in [-0.2, -0.15) is 4.98 Å². The third-order valence-electron chi connectivity index (χ3n) is 7.01. The Labute approximate surface area is 203 Å². The third-order valence-corrected chi connectivity index (χ3v) is 7.01. The molecule has 4 unspecified atom stereocenters. The molecule has 2 aliphatic heterocycles. The Bertz CT molecular complexity index is 942. The van der Waals surface area contributed by atoms with Crippen molar-refractivity contribution in [2.24, 2.45) is 5.92 Å². The Balaban J connectivity index is 1.36. The Morgan fingerprint density at radius 2 is 1.59 bits per heavy atom. The second kappa shape index (κ2) is 10.5. The minimum absolute atomic E-state index is 0.00536. The molecule has 2 aromatic rings. The van der Waals surface area contributed by atoms with Crippen molar-refractivity contribution in [3.05, 3.63) is 35.7 Å². The van der Waals surface area contributed by atoms with Crippen LogP contribution in [0.1, 0.15) is 52.1 Å². The zero-order valence-electron chi connectivity index (χ0n) is 21.4. The van der Waals surface area contributed by atoms with Crippen molar-refractivity contribution in [1.82, 2.24) is 24.8 Å². The first-order valence-electron chi connectivity index (χ1n) is 12.6. The molecule has 4 rings (SSSR count). The number of aryl methyl sites for hydroxylation is 1. The molecule has 0 bridgehead atoms. The standard InChI is InChI=1S/C26H39N5O3/c1-17(2)23(31-15-19(4)33-20(5)16-31)26(32)30-13-11-29(12-14-30)21(6)25-27-24(28-34-25)22-9-7-18(3)8-10-22/h7-10,17,19-21,23H,11-16H2,1-6H3. The Morgan fingerprint density at radius 1 is 0.971 bits per heavy atom. The average Bonchev–Trinajstić information content (AvgIpc) is 3.28. The van der Waals surface area contributed by atoms with Crippen LogP contribution in [0.3, 0.4) is 0 Å². The highest BCUT2D eigenvalue weighted by molar-refractivity contribution is 5.82. The molecule has 1 aromatic carbocycles. The van der Waals surface area contributed by atoms with Crippen molar-refractivity contribution in [3.8, 4) is 11.4 Å². The quantitative estimate of drug-likeness (QED) is 0.642. The lowest BCUT2D eigenvalue weighted by Gasteiger charge is -2.44. The van der Waals surface area contributed by atoms with Crippen molar-refractivity contribution < 1.29 is 14.1 Å². The number of ether oxygens (including phenoxy) is 1. The monoisotopic (exact) mass is 469 g/mol. The summed E-state index contributed by atoms with van der Waals surface area (Å²) in [5.74, 6) is 1.72. The molecular formula is C26H39N5O3. The van der Waals surface area contributed by atoms with E-state index in [0.717, 1.165) is 31.7 Å². The maximum atomic E-state index is 13.6. The van der Waals surface area contributed by atoms with E-state index in [-0.39, 0.29) is 36.1 Å². The zero-order valence-corrected chi connectivity index (χ0v) is 21.4. The summed E-state index contributed by atoms with van der Waals surface area (Å²) >= 11 is 0. The van der Waals surface area contributed by atoms with Crippen molar-refractivity contribution in [2.75, 3.05) is 39.3 Å². The molecule has 0 radical (unpaired) electrons. The molecule has 1 amide bonds. The number of hydrogen-bond donors (Lipinski definition) is 0. The van der Waals surface area contributed by atoms with Gasteiger partial charge in [0.1, 0.15) is 0 Å². The number of carbonyl (C=O) groups excluding carboxylic acids is 1. The van der Waals surface area contributed by atoms with Gasteiger partial charge in [-0.3, -0.25) is 14.6 Å². The Morgan fingerprint density at radius 3 is 2.18 bits per heavy atom. The van der Waals surface area contributed by atoms with Gasteiger partial charge in [-0.1, -0.05) is 48.8 Å². The van der Waals surface area contributed by atoms with E-state index in [1.54, 1.807) is 0 Å². The predicted molar refractivity (Wildman–Crippen MR) is 131 cm³/mol. The van der Waals surface area contributed by atoms with Crippen LogP contribution in [0.15, 0.2) is 28.8 Å². The molecule has 1 aromatic heterocycles. The van der Waals surface area contributed by atoms with E-state index >= 15 is 0 Å². The molecule has 8 nitrogen and oxygen atoms in total. The first kappa shape index (κ1) is 24.8. The minimum Gasteiger partial charge on any atom is -0.373 e. The average molecular weight is 470 g/mol. The summed E-state index contributed by atoms with van der Waals surface area (Å²) < 4.78 is 11.5. The van der Waals surface area contributed by atoms with Gasteiger partial charge >= 0.3 is 0 Å². The second-order valence-corrected chi connectivity index (χ2v) is 10.3. The number of benzene rings is 1. The van der Waals surface area contributed by atoms with Gasteiger partial charge in [-0.25, -0.2) is 0 Å². The van der Waals surface area contributed by atoms with Crippen LogP contribution >= 0.6 is 0 Å². The topological polar surface area (TPSA) is 74.9 Å². The normalized spacial score (nSPS) is 24.4. The van der Waals surface area contributed by atoms with Crippen molar-refractivity contribution in [3.63, 3.8) is 0 Å². The fourth-order valence-electron chi connectivity index (χ4n) is 5.21. The van der Waals surface area contributed by atoms with Crippen LogP contribution < -0.4 is 0 Å². The first-order valence-corrected chi connectivity index (χ1v) is 12.6. The minimum atomic E-state index is -0.106. The molecular weight excluding hydrogens is 430 g/mol. The van der Waals surface area contributed by atoms with Gasteiger partial charge in [0.2, 0.25) is 17.6 Å². The summed E-state index contributed by atoms with van der Waals surface area (Å²) in [7, 11) is 0. The number of hydrogen-bond acceptors (Lipinski definition) is 7. The summed E-state index contributed by atoms with van der Waals surface area (Å²) in [6, 6.07) is 8.03. The van der Waals surface area contributed by atoms with Gasteiger partial charge in [0.25, 0.3) is 0 Å². The van der Waals surface area contributed by atoms with E-state index in [9.17, 15) is 4.79 Å². The summed E-state index contributed by atoms with van der Waals surface area (Å²) in [6.07, 6.45) is 0.296. The number of nitrogens with zero attached hydrogens (tertiary/aromatic N) is 5. The highest BCUT2D eigenvalue weighted by atomic mass is 16.5. The maximum Gasteiger partial charge on any atom is 0.244 e. The van der Waals surface area contributed by atoms with Crippen LogP contribution in [0.4, 0.5) is 0 Å². The largest absolute Gasteiger partial charge is 0.373 e. The smallest absolute Gasteiger partial charge is 0.244 e. The van der Waals surface area contributed by atoms with Crippen LogP contribution in [0.2, 0.25) is 0 Å². The van der Waals surface area contributed by atoms with Crippen LogP contribution in [-0.2, 0) is 9.53 Å². The lowest BCUT2D eigenvalue weighted by atomic mass is 9.98. The summed E-state index contributed by atoms with van der Waals surface area (Å²) in [5, 5.41) is 4.19. The molecule has 186 valence electrons. The van der Waals surface area contributed by atoms with Crippen LogP contribution in [0, 0.1) is 12.8 Å². The fraction of sp³-hybridized carbons (Fsp3) is 0.654. The molecule has 0 spiro atoms. The molecule has 4 atom stereocenters. The van der Waals surface area contributed by atoms with Crippen molar-refractivity contribution in [1.29, 1.82) is 0 Å². The molecule has 0 aliphatic carbocycles. The molecule has 2 saturated heterocycles. The highest BCUT2D eigenvalue weighted by Gasteiger charge is 2.38. The van der Waals surface area contributed by atoms with Crippen LogP contribution in [-0.4, -0.2) is 88.3 Å². The van der Waals surface area contributed by atoms with E-state index in [0.29, 0.717) is 24.8 Å². The SMILES string of the molecule is Cc1ccc(-c2noc(C(C)N3CCN(C(=O)C(C(C)C)N4CC(C)OC(C)C4)CC3)n2)cc1. The van der Waals surface area contributed by atoms with E-state index < -0.39 is 0 Å². The van der Waals surface area contributed by atoms with Gasteiger partial charge in [0.05, 0.1) is 24.3 Å². The van der Waals surface area contributed by atoms with E-state index in [1.165, 1.54) is 5.56 Å². The summed E-state index contributed by atoms with van der Waals surface area (Å²) in [5.41, 5.74) is 2.15. The van der Waals surface area contributed by atoms with Gasteiger partial charge in [0, 0.05) is 44.8 Å². The number of amides is 1. The lowest BCUT2D eigenvalue weighted by Crippen LogP contribution is -2.60. The lowest BCUT2D eigenvalue weighted by molar-refractivity contribution is -0.147. The number of morpholine rings is 1. The van der Waals surface area contributed by atoms with Crippen molar-refractivity contribution >= 4 is 5.91 Å². The highest BCUT2D eigenvalue weighted by Crippen LogP contribution is 2.25. The maximum absolute atomic E-state index is 13.6. The number of piperazine rings is 1. The molecule has 34 heavy (non-hydrogen) atoms. The molecule has 0 N–H and O–H groups in total. The van der Waals surface area contributed by atoms with Crippen LogP contribution in [0.5, 0.6) is 0 Å². The predicted octanol–water partition coefficient (Wildman–Crippen LogP) is 3.38. The Hall–Kier alpha value is -2.29. The van der Waals surface area contributed by atoms with Gasteiger partial charge in [0.15, 0.2) is 0 Å². The third kappa shape index (κ3) is 5.50. The Kier molecular flexibility index (Phi) is 7.70. The number of carbonyl (C=O) groups is 1.